The van der Waals surface area contributed by atoms with Crippen LogP contribution in [0.25, 0.3) is 0 Å². The summed E-state index contributed by atoms with van der Waals surface area (Å²) in [6.45, 7) is 2.71. The Labute approximate surface area is 137 Å². The summed E-state index contributed by atoms with van der Waals surface area (Å²) in [7, 11) is -3.18. The van der Waals surface area contributed by atoms with E-state index in [0.29, 0.717) is 26.3 Å². The van der Waals surface area contributed by atoms with Crippen molar-refractivity contribution in [3.63, 3.8) is 0 Å². The minimum absolute atomic E-state index is 0.0815. The van der Waals surface area contributed by atoms with Crippen molar-refractivity contribution in [3.8, 4) is 0 Å². The number of hydrogen-bond donors (Lipinski definition) is 0. The molecule has 2 saturated heterocycles. The van der Waals surface area contributed by atoms with Crippen molar-refractivity contribution in [3.05, 3.63) is 30.1 Å². The molecule has 0 spiro atoms. The Morgan fingerprint density at radius 2 is 2.35 bits per heavy atom. The molecule has 2 fully saturated rings. The van der Waals surface area contributed by atoms with Gasteiger partial charge in [-0.3, -0.25) is 4.98 Å². The maximum Gasteiger partial charge on any atom is 0.211 e. The summed E-state index contributed by atoms with van der Waals surface area (Å²) in [4.78, 5) is 4.25. The molecule has 23 heavy (non-hydrogen) atoms. The van der Waals surface area contributed by atoms with E-state index in [1.807, 2.05) is 18.2 Å². The van der Waals surface area contributed by atoms with Crippen molar-refractivity contribution in [2.75, 3.05) is 32.6 Å². The normalized spacial score (nSPS) is 29.2. The Balaban J connectivity index is 1.68. The summed E-state index contributed by atoms with van der Waals surface area (Å²) in [5.41, 5.74) is 0.641. The molecule has 2 aliphatic heterocycles. The molecule has 3 heterocycles. The van der Waals surface area contributed by atoms with E-state index in [1.54, 1.807) is 10.5 Å². The number of pyridine rings is 1. The summed E-state index contributed by atoms with van der Waals surface area (Å²) in [5, 5.41) is 0. The van der Waals surface area contributed by atoms with Crippen LogP contribution in [0.15, 0.2) is 24.4 Å². The molecule has 3 rings (SSSR count). The van der Waals surface area contributed by atoms with Crippen LogP contribution < -0.4 is 0 Å². The van der Waals surface area contributed by atoms with Crippen molar-refractivity contribution in [2.45, 2.75) is 32.0 Å². The molecule has 0 unspecified atom stereocenters. The van der Waals surface area contributed by atoms with Gasteiger partial charge in [-0.2, -0.15) is 0 Å². The molecule has 0 amide bonds. The zero-order valence-corrected chi connectivity index (χ0v) is 14.3. The fourth-order valence-corrected chi connectivity index (χ4v) is 4.51. The van der Waals surface area contributed by atoms with Crippen LogP contribution in [-0.4, -0.2) is 56.4 Å². The lowest BCUT2D eigenvalue weighted by molar-refractivity contribution is -0.144. The Morgan fingerprint density at radius 3 is 3.09 bits per heavy atom. The summed E-state index contributed by atoms with van der Waals surface area (Å²) < 4.78 is 37.3. The predicted octanol–water partition coefficient (Wildman–Crippen LogP) is 1.43. The topological polar surface area (TPSA) is 68.7 Å². The van der Waals surface area contributed by atoms with Crippen LogP contribution in [0.3, 0.4) is 0 Å². The maximum absolute atomic E-state index is 11.9. The van der Waals surface area contributed by atoms with Gasteiger partial charge < -0.3 is 9.47 Å². The van der Waals surface area contributed by atoms with Crippen molar-refractivity contribution < 1.29 is 17.9 Å². The second-order valence-electron chi connectivity index (χ2n) is 6.52. The minimum Gasteiger partial charge on any atom is -0.377 e. The zero-order valence-electron chi connectivity index (χ0n) is 13.5. The van der Waals surface area contributed by atoms with Gasteiger partial charge in [0.25, 0.3) is 0 Å². The third-order valence-electron chi connectivity index (χ3n) is 4.79. The highest BCUT2D eigenvalue weighted by Gasteiger charge is 2.47. The summed E-state index contributed by atoms with van der Waals surface area (Å²) >= 11 is 0. The molecule has 2 aliphatic rings. The molecule has 1 aromatic rings. The molecule has 0 radical (unpaired) electrons. The zero-order chi connectivity index (χ0) is 16.3. The van der Waals surface area contributed by atoms with Crippen molar-refractivity contribution in [1.29, 1.82) is 0 Å². The van der Waals surface area contributed by atoms with Gasteiger partial charge in [0.05, 0.1) is 31.3 Å². The average molecular weight is 340 g/mol. The lowest BCUT2D eigenvalue weighted by Crippen LogP contribution is -2.57. The number of hydrogen-bond acceptors (Lipinski definition) is 5. The quantitative estimate of drug-likeness (QED) is 0.811. The van der Waals surface area contributed by atoms with Crippen molar-refractivity contribution in [1.82, 2.24) is 9.29 Å². The summed E-state index contributed by atoms with van der Waals surface area (Å²) in [5.74, 6) is 0. The maximum atomic E-state index is 11.9. The lowest BCUT2D eigenvalue weighted by Gasteiger charge is -2.49. The predicted molar refractivity (Wildman–Crippen MR) is 86.3 cm³/mol. The molecule has 2 atom stereocenters. The van der Waals surface area contributed by atoms with Gasteiger partial charge in [0.2, 0.25) is 10.0 Å². The van der Waals surface area contributed by atoms with E-state index in [2.05, 4.69) is 4.98 Å². The van der Waals surface area contributed by atoms with Crippen LogP contribution in [0.2, 0.25) is 0 Å². The molecule has 128 valence electrons. The van der Waals surface area contributed by atoms with Crippen LogP contribution in [0.1, 0.15) is 25.0 Å². The van der Waals surface area contributed by atoms with E-state index in [9.17, 15) is 8.42 Å². The molecule has 6 nitrogen and oxygen atoms in total. The van der Waals surface area contributed by atoms with Gasteiger partial charge in [0.15, 0.2) is 0 Å². The smallest absolute Gasteiger partial charge is 0.211 e. The molecule has 0 saturated carbocycles. The van der Waals surface area contributed by atoms with E-state index in [0.717, 1.165) is 31.6 Å². The van der Waals surface area contributed by atoms with Gasteiger partial charge in [0.1, 0.15) is 0 Å². The molecule has 0 aromatic carbocycles. The molecule has 1 aromatic heterocycles. The van der Waals surface area contributed by atoms with E-state index in [-0.39, 0.29) is 11.5 Å². The van der Waals surface area contributed by atoms with E-state index in [4.69, 9.17) is 9.47 Å². The van der Waals surface area contributed by atoms with Gasteiger partial charge in [-0.15, -0.1) is 0 Å². The fraction of sp³-hybridized carbons (Fsp3) is 0.688. The standard InChI is InChI=1S/C16H24N2O4S/c1-23(19,20)18-9-6-15-16(12-18,7-4-10-22-15)13-21-11-14-5-2-3-8-17-14/h2-3,5,8,15H,4,6-7,9-13H2,1H3/t15-,16-/m0/s1. The number of rotatable bonds is 5. The first-order chi connectivity index (χ1) is 11.0. The van der Waals surface area contributed by atoms with Gasteiger partial charge >= 0.3 is 0 Å². The van der Waals surface area contributed by atoms with Crippen LogP contribution in [0.5, 0.6) is 0 Å². The average Bonchev–Trinajstić information content (AvgIpc) is 2.54. The Morgan fingerprint density at radius 1 is 1.48 bits per heavy atom. The number of sulfonamides is 1. The van der Waals surface area contributed by atoms with Crippen LogP contribution in [0, 0.1) is 5.41 Å². The largest absolute Gasteiger partial charge is 0.377 e. The van der Waals surface area contributed by atoms with Gasteiger partial charge in [-0.05, 0) is 31.4 Å². The SMILES string of the molecule is CS(=O)(=O)N1CC[C@@H]2OCCC[C@@]2(COCc2ccccn2)C1. The van der Waals surface area contributed by atoms with E-state index < -0.39 is 10.0 Å². The first-order valence-corrected chi connectivity index (χ1v) is 9.89. The third-order valence-corrected chi connectivity index (χ3v) is 6.04. The lowest BCUT2D eigenvalue weighted by atomic mass is 9.73. The van der Waals surface area contributed by atoms with Crippen molar-refractivity contribution in [2.24, 2.45) is 5.41 Å². The van der Waals surface area contributed by atoms with Crippen molar-refractivity contribution >= 4 is 10.0 Å². The van der Waals surface area contributed by atoms with E-state index >= 15 is 0 Å². The number of ether oxygens (including phenoxy) is 2. The van der Waals surface area contributed by atoms with E-state index in [1.165, 1.54) is 6.26 Å². The molecule has 0 bridgehead atoms. The van der Waals surface area contributed by atoms with Crippen LogP contribution >= 0.6 is 0 Å². The van der Waals surface area contributed by atoms with Gasteiger partial charge in [0, 0.05) is 31.3 Å². The minimum atomic E-state index is -3.18. The van der Waals surface area contributed by atoms with Gasteiger partial charge in [-0.1, -0.05) is 6.07 Å². The fourth-order valence-electron chi connectivity index (χ4n) is 3.59. The number of aromatic nitrogens is 1. The monoisotopic (exact) mass is 340 g/mol. The Bertz CT molecular complexity index is 622. The molecular weight excluding hydrogens is 316 g/mol. The number of piperidine rings is 1. The molecule has 7 heteroatoms. The van der Waals surface area contributed by atoms with Crippen LogP contribution in [0.4, 0.5) is 0 Å². The van der Waals surface area contributed by atoms with Gasteiger partial charge in [-0.25, -0.2) is 12.7 Å². The molecule has 0 aliphatic carbocycles. The molecule has 0 N–H and O–H groups in total. The Hall–Kier alpha value is -1.02. The summed E-state index contributed by atoms with van der Waals surface area (Å²) in [6.07, 6.45) is 5.72. The highest BCUT2D eigenvalue weighted by atomic mass is 32.2. The Kier molecular flexibility index (Phi) is 5.01. The third kappa shape index (κ3) is 3.91. The highest BCUT2D eigenvalue weighted by Crippen LogP contribution is 2.41. The first kappa shape index (κ1) is 16.8. The highest BCUT2D eigenvalue weighted by molar-refractivity contribution is 7.88. The number of fused-ring (bicyclic) bond motifs is 1. The van der Waals surface area contributed by atoms with Crippen LogP contribution in [-0.2, 0) is 26.1 Å². The first-order valence-electron chi connectivity index (χ1n) is 8.04. The second kappa shape index (κ2) is 6.84. The molecular formula is C16H24N2O4S. The second-order valence-corrected chi connectivity index (χ2v) is 8.51. The number of nitrogens with zero attached hydrogens (tertiary/aromatic N) is 2. The summed E-state index contributed by atoms with van der Waals surface area (Å²) in [6, 6.07) is 5.73.